The summed E-state index contributed by atoms with van der Waals surface area (Å²) in [6.45, 7) is 0. The summed E-state index contributed by atoms with van der Waals surface area (Å²) in [6.07, 6.45) is 0. The predicted molar refractivity (Wildman–Crippen MR) is 75.2 cm³/mol. The fraction of sp³-hybridized carbons (Fsp3) is 0. The van der Waals surface area contributed by atoms with E-state index in [1.807, 2.05) is 30.3 Å². The molecular formula is C13H8BrN3O2. The lowest BCUT2D eigenvalue weighted by atomic mass is 10.1. The summed E-state index contributed by atoms with van der Waals surface area (Å²) in [5.41, 5.74) is 1.29. The van der Waals surface area contributed by atoms with Crippen molar-refractivity contribution in [3.63, 3.8) is 0 Å². The Kier molecular flexibility index (Phi) is 3.78. The SMILES string of the molecule is N#Cc1cc(Nc2cccc(Br)c2)ccc1[N+](=O)[O-]. The Morgan fingerprint density at radius 1 is 1.21 bits per heavy atom. The van der Waals surface area contributed by atoms with E-state index in [4.69, 9.17) is 5.26 Å². The molecule has 0 aliphatic heterocycles. The van der Waals surface area contributed by atoms with Crippen LogP contribution in [0.1, 0.15) is 5.56 Å². The molecule has 0 aromatic heterocycles. The summed E-state index contributed by atoms with van der Waals surface area (Å²) in [5.74, 6) is 0. The molecule has 2 aromatic carbocycles. The maximum absolute atomic E-state index is 10.7. The number of benzene rings is 2. The van der Waals surface area contributed by atoms with Gasteiger partial charge in [-0.2, -0.15) is 5.26 Å². The fourth-order valence-corrected chi connectivity index (χ4v) is 1.99. The first-order chi connectivity index (χ1) is 9.10. The Morgan fingerprint density at radius 3 is 2.58 bits per heavy atom. The van der Waals surface area contributed by atoms with E-state index >= 15 is 0 Å². The minimum Gasteiger partial charge on any atom is -0.355 e. The molecule has 0 aliphatic rings. The standard InChI is InChI=1S/C13H8BrN3O2/c14-10-2-1-3-11(7-10)16-12-4-5-13(17(18)19)9(6-12)8-15/h1-7,16H. The second-order valence-electron chi connectivity index (χ2n) is 3.74. The van der Waals surface area contributed by atoms with E-state index in [-0.39, 0.29) is 11.3 Å². The van der Waals surface area contributed by atoms with E-state index in [0.29, 0.717) is 5.69 Å². The minimum absolute atomic E-state index is 0.0324. The first-order valence-corrected chi connectivity index (χ1v) is 6.10. The van der Waals surface area contributed by atoms with Crippen LogP contribution in [-0.2, 0) is 0 Å². The maximum atomic E-state index is 10.7. The number of nitro benzene ring substituents is 1. The number of hydrogen-bond donors (Lipinski definition) is 1. The zero-order valence-corrected chi connectivity index (χ0v) is 11.2. The lowest BCUT2D eigenvalue weighted by Crippen LogP contribution is -1.95. The molecular weight excluding hydrogens is 310 g/mol. The van der Waals surface area contributed by atoms with Crippen molar-refractivity contribution in [2.75, 3.05) is 5.32 Å². The van der Waals surface area contributed by atoms with Gasteiger partial charge in [-0.05, 0) is 30.3 Å². The molecule has 0 bridgehead atoms. The second kappa shape index (κ2) is 5.50. The van der Waals surface area contributed by atoms with Gasteiger partial charge in [0.2, 0.25) is 0 Å². The maximum Gasteiger partial charge on any atom is 0.287 e. The number of nitrogens with one attached hydrogen (secondary N) is 1. The van der Waals surface area contributed by atoms with Crippen LogP contribution in [0.2, 0.25) is 0 Å². The van der Waals surface area contributed by atoms with Gasteiger partial charge in [0, 0.05) is 21.9 Å². The van der Waals surface area contributed by atoms with Crippen molar-refractivity contribution in [2.45, 2.75) is 0 Å². The third kappa shape index (κ3) is 3.09. The van der Waals surface area contributed by atoms with Crippen molar-refractivity contribution < 1.29 is 4.92 Å². The van der Waals surface area contributed by atoms with Crippen LogP contribution in [-0.4, -0.2) is 4.92 Å². The number of nitro groups is 1. The molecule has 5 nitrogen and oxygen atoms in total. The van der Waals surface area contributed by atoms with Gasteiger partial charge in [0.05, 0.1) is 4.92 Å². The van der Waals surface area contributed by atoms with E-state index in [1.54, 1.807) is 6.07 Å². The van der Waals surface area contributed by atoms with Crippen LogP contribution in [0.25, 0.3) is 0 Å². The zero-order chi connectivity index (χ0) is 13.8. The van der Waals surface area contributed by atoms with E-state index < -0.39 is 4.92 Å². The van der Waals surface area contributed by atoms with Gasteiger partial charge in [-0.3, -0.25) is 10.1 Å². The number of hydrogen-bond acceptors (Lipinski definition) is 4. The molecule has 1 N–H and O–H groups in total. The number of nitrogens with zero attached hydrogens (tertiary/aromatic N) is 2. The Balaban J connectivity index is 2.32. The van der Waals surface area contributed by atoms with Crippen LogP contribution in [0.15, 0.2) is 46.9 Å². The van der Waals surface area contributed by atoms with Crippen LogP contribution in [0.4, 0.5) is 17.1 Å². The van der Waals surface area contributed by atoms with Crippen molar-refractivity contribution in [1.29, 1.82) is 5.26 Å². The first-order valence-electron chi connectivity index (χ1n) is 5.31. The molecule has 0 fully saturated rings. The summed E-state index contributed by atoms with van der Waals surface area (Å²) in [4.78, 5) is 10.2. The summed E-state index contributed by atoms with van der Waals surface area (Å²) in [5, 5.41) is 22.7. The van der Waals surface area contributed by atoms with Gasteiger partial charge < -0.3 is 5.32 Å². The predicted octanol–water partition coefficient (Wildman–Crippen LogP) is 3.97. The van der Waals surface area contributed by atoms with E-state index in [9.17, 15) is 10.1 Å². The van der Waals surface area contributed by atoms with Crippen molar-refractivity contribution >= 4 is 33.0 Å². The molecule has 0 atom stereocenters. The summed E-state index contributed by atoms with van der Waals surface area (Å²) in [6, 6.07) is 13.7. The first kappa shape index (κ1) is 13.1. The molecule has 6 heteroatoms. The Morgan fingerprint density at radius 2 is 1.95 bits per heavy atom. The average molecular weight is 318 g/mol. The molecule has 0 heterocycles. The third-order valence-electron chi connectivity index (χ3n) is 2.43. The van der Waals surface area contributed by atoms with Gasteiger partial charge in [0.25, 0.3) is 5.69 Å². The second-order valence-corrected chi connectivity index (χ2v) is 4.65. The molecule has 0 saturated carbocycles. The smallest absolute Gasteiger partial charge is 0.287 e. The molecule has 0 spiro atoms. The zero-order valence-electron chi connectivity index (χ0n) is 9.63. The highest BCUT2D eigenvalue weighted by atomic mass is 79.9. The minimum atomic E-state index is -0.568. The van der Waals surface area contributed by atoms with E-state index in [2.05, 4.69) is 21.2 Å². The van der Waals surface area contributed by atoms with Crippen molar-refractivity contribution in [3.05, 3.63) is 62.6 Å². The van der Waals surface area contributed by atoms with Crippen LogP contribution in [0.3, 0.4) is 0 Å². The molecule has 0 radical (unpaired) electrons. The van der Waals surface area contributed by atoms with Crippen LogP contribution < -0.4 is 5.32 Å². The summed E-state index contributed by atoms with van der Waals surface area (Å²) >= 11 is 3.35. The summed E-state index contributed by atoms with van der Waals surface area (Å²) < 4.78 is 0.917. The molecule has 2 aromatic rings. The molecule has 0 amide bonds. The van der Waals surface area contributed by atoms with Gasteiger partial charge >= 0.3 is 0 Å². The number of halogens is 1. The van der Waals surface area contributed by atoms with E-state index in [1.165, 1.54) is 12.1 Å². The highest BCUT2D eigenvalue weighted by molar-refractivity contribution is 9.10. The van der Waals surface area contributed by atoms with Gasteiger partial charge in [-0.25, -0.2) is 0 Å². The number of rotatable bonds is 3. The van der Waals surface area contributed by atoms with Crippen LogP contribution in [0.5, 0.6) is 0 Å². The number of anilines is 2. The highest BCUT2D eigenvalue weighted by Crippen LogP contribution is 2.25. The largest absolute Gasteiger partial charge is 0.355 e. The lowest BCUT2D eigenvalue weighted by Gasteiger charge is -2.07. The van der Waals surface area contributed by atoms with E-state index in [0.717, 1.165) is 10.2 Å². The fourth-order valence-electron chi connectivity index (χ4n) is 1.60. The Labute approximate surface area is 117 Å². The van der Waals surface area contributed by atoms with Gasteiger partial charge in [-0.15, -0.1) is 0 Å². The lowest BCUT2D eigenvalue weighted by molar-refractivity contribution is -0.385. The van der Waals surface area contributed by atoms with Crippen molar-refractivity contribution in [1.82, 2.24) is 0 Å². The van der Waals surface area contributed by atoms with Crippen molar-refractivity contribution in [2.24, 2.45) is 0 Å². The molecule has 0 unspecified atom stereocenters. The van der Waals surface area contributed by atoms with Gasteiger partial charge in [0.15, 0.2) is 0 Å². The quantitative estimate of drug-likeness (QED) is 0.686. The monoisotopic (exact) mass is 317 g/mol. The Hall–Kier alpha value is -2.39. The number of nitriles is 1. The normalized spacial score (nSPS) is 9.68. The third-order valence-corrected chi connectivity index (χ3v) is 2.92. The molecule has 0 aliphatic carbocycles. The average Bonchev–Trinajstić information content (AvgIpc) is 2.38. The van der Waals surface area contributed by atoms with Gasteiger partial charge in [-0.1, -0.05) is 22.0 Å². The Bertz CT molecular complexity index is 680. The topological polar surface area (TPSA) is 79.0 Å². The molecule has 0 saturated heterocycles. The molecule has 2 rings (SSSR count). The van der Waals surface area contributed by atoms with Gasteiger partial charge in [0.1, 0.15) is 11.6 Å². The summed E-state index contributed by atoms with van der Waals surface area (Å²) in [7, 11) is 0. The molecule has 94 valence electrons. The molecule has 19 heavy (non-hydrogen) atoms. The van der Waals surface area contributed by atoms with Crippen LogP contribution in [0, 0.1) is 21.4 Å². The highest BCUT2D eigenvalue weighted by Gasteiger charge is 2.13. The van der Waals surface area contributed by atoms with Crippen LogP contribution >= 0.6 is 15.9 Å². The van der Waals surface area contributed by atoms with Crippen molar-refractivity contribution in [3.8, 4) is 6.07 Å².